The molecule has 10 aliphatic rings. The minimum Gasteiger partial charge on any atom is -0.394 e. The van der Waals surface area contributed by atoms with E-state index in [-0.39, 0.29) is 0 Å². The summed E-state index contributed by atoms with van der Waals surface area (Å²) in [5.41, 5.74) is 0. The van der Waals surface area contributed by atoms with E-state index in [1.807, 2.05) is 0 Å². The zero-order valence-electron chi connectivity index (χ0n) is 65.5. The van der Waals surface area contributed by atoms with E-state index in [4.69, 9.17) is 90.0 Å². The molecule has 700 valence electrons. The molecule has 0 radical (unpaired) electrons. The van der Waals surface area contributed by atoms with Gasteiger partial charge in [0, 0.05) is 27.7 Å². The molecule has 0 aliphatic carbocycles. The van der Waals surface area contributed by atoms with Crippen molar-refractivity contribution in [2.75, 3.05) is 52.9 Å². The Labute approximate surface area is 686 Å². The van der Waals surface area contributed by atoms with E-state index in [1.165, 1.54) is 13.8 Å². The van der Waals surface area contributed by atoms with E-state index < -0.39 is 383 Å². The fraction of sp³-hybridized carbons (Fsp3) is 0.941. The van der Waals surface area contributed by atoms with Crippen LogP contribution in [0.5, 0.6) is 0 Å². The minimum atomic E-state index is -2.37. The van der Waals surface area contributed by atoms with Crippen molar-refractivity contribution in [2.24, 2.45) is 0 Å². The summed E-state index contributed by atoms with van der Waals surface area (Å²) in [6.45, 7) is -2.18. The molecule has 10 rings (SSSR count). The number of carbonyl (C=O) groups is 4. The number of amides is 4. The van der Waals surface area contributed by atoms with Gasteiger partial charge in [0.1, 0.15) is 232 Å². The molecule has 0 bridgehead atoms. The average molecular weight is 1770 g/mol. The van der Waals surface area contributed by atoms with E-state index in [1.54, 1.807) is 0 Å². The van der Waals surface area contributed by atoms with Crippen LogP contribution < -0.4 is 21.3 Å². The molecule has 0 saturated carbocycles. The van der Waals surface area contributed by atoms with Crippen LogP contribution in [0, 0.1) is 0 Å². The summed E-state index contributed by atoms with van der Waals surface area (Å²) in [5.74, 6) is -3.67. The number of hydrogen-bond donors (Lipinski definition) is 30. The maximum absolute atomic E-state index is 13.0. The zero-order chi connectivity index (χ0) is 89.1. The van der Waals surface area contributed by atoms with Crippen molar-refractivity contribution < 1.29 is 242 Å². The zero-order valence-corrected chi connectivity index (χ0v) is 65.5. The molecule has 30 N–H and O–H groups in total. The Morgan fingerprint density at radius 2 is 0.496 bits per heavy atom. The Bertz CT molecular complexity index is 3270. The second-order valence-corrected chi connectivity index (χ2v) is 30.9. The smallest absolute Gasteiger partial charge is 0.217 e. The second kappa shape index (κ2) is 43.0. The van der Waals surface area contributed by atoms with Gasteiger partial charge in [0.05, 0.1) is 65.1 Å². The number of aliphatic hydroxyl groups is 26. The molecule has 0 aromatic carbocycles. The van der Waals surface area contributed by atoms with Gasteiger partial charge < -0.3 is 244 Å². The van der Waals surface area contributed by atoms with Crippen LogP contribution in [0.2, 0.25) is 0 Å². The average Bonchev–Trinajstić information content (AvgIpc) is 0.770. The molecule has 10 saturated heterocycles. The van der Waals surface area contributed by atoms with Crippen molar-refractivity contribution in [1.82, 2.24) is 21.3 Å². The molecular weight excluding hydrogens is 1660 g/mol. The van der Waals surface area contributed by atoms with Crippen LogP contribution >= 0.6 is 0 Å². The number of aliphatic hydroxyl groups excluding tert-OH is 26. The normalized spacial score (nSPS) is 50.0. The number of carbonyl (C=O) groups excluding carboxylic acids is 4. The third-order valence-corrected chi connectivity index (χ3v) is 22.4. The predicted octanol–water partition coefficient (Wildman–Crippen LogP) is -20.2. The summed E-state index contributed by atoms with van der Waals surface area (Å²) in [6, 6.07) is -7.50. The predicted molar refractivity (Wildman–Crippen MR) is 373 cm³/mol. The highest BCUT2D eigenvalue weighted by Gasteiger charge is 2.62. The molecule has 121 heavy (non-hydrogen) atoms. The van der Waals surface area contributed by atoms with E-state index in [0.29, 0.717) is 0 Å². The maximum Gasteiger partial charge on any atom is 0.217 e. The van der Waals surface area contributed by atoms with Crippen LogP contribution in [-0.4, -0.2) is 516 Å². The maximum atomic E-state index is 13.0. The Kier molecular flexibility index (Phi) is 35.3. The van der Waals surface area contributed by atoms with Crippen molar-refractivity contribution in [1.29, 1.82) is 0 Å². The largest absolute Gasteiger partial charge is 0.394 e. The fourth-order valence-corrected chi connectivity index (χ4v) is 15.8. The van der Waals surface area contributed by atoms with Gasteiger partial charge in [0.25, 0.3) is 0 Å². The third kappa shape index (κ3) is 21.8. The van der Waals surface area contributed by atoms with Gasteiger partial charge in [-0.2, -0.15) is 0 Å². The number of nitrogens with one attached hydrogen (secondary N) is 4. The van der Waals surface area contributed by atoms with Crippen LogP contribution in [0.25, 0.3) is 0 Å². The summed E-state index contributed by atoms with van der Waals surface area (Å²) in [4.78, 5) is 51.6. The lowest BCUT2D eigenvalue weighted by atomic mass is 9.93. The highest BCUT2D eigenvalue weighted by Crippen LogP contribution is 2.41. The van der Waals surface area contributed by atoms with E-state index >= 15 is 0 Å². The monoisotopic (exact) mass is 1770 g/mol. The van der Waals surface area contributed by atoms with Gasteiger partial charge in [-0.3, -0.25) is 19.2 Å². The molecule has 0 spiro atoms. The molecule has 50 atom stereocenters. The molecule has 10 heterocycles. The van der Waals surface area contributed by atoms with Crippen LogP contribution in [-0.2, 0) is 109 Å². The van der Waals surface area contributed by atoms with E-state index in [2.05, 4.69) is 21.3 Å². The molecule has 10 fully saturated rings. The number of ether oxygens (including phenoxy) is 19. The van der Waals surface area contributed by atoms with Crippen molar-refractivity contribution in [3.05, 3.63) is 0 Å². The first-order valence-corrected chi connectivity index (χ1v) is 38.9. The van der Waals surface area contributed by atoms with Gasteiger partial charge >= 0.3 is 0 Å². The van der Waals surface area contributed by atoms with Crippen LogP contribution in [0.15, 0.2) is 0 Å². The number of rotatable bonds is 30. The van der Waals surface area contributed by atoms with Crippen molar-refractivity contribution in [2.45, 2.75) is 348 Å². The van der Waals surface area contributed by atoms with Gasteiger partial charge in [0.15, 0.2) is 62.9 Å². The Hall–Kier alpha value is -3.92. The Morgan fingerprint density at radius 3 is 0.843 bits per heavy atom. The molecular formula is C68H114N4O49. The van der Waals surface area contributed by atoms with Crippen molar-refractivity contribution in [3.63, 3.8) is 0 Å². The summed E-state index contributed by atoms with van der Waals surface area (Å²) >= 11 is 0. The third-order valence-electron chi connectivity index (χ3n) is 22.4. The first-order chi connectivity index (χ1) is 57.2. The lowest BCUT2D eigenvalue weighted by Gasteiger charge is -2.51. The Morgan fingerprint density at radius 1 is 0.231 bits per heavy atom. The summed E-state index contributed by atoms with van der Waals surface area (Å²) in [5, 5.41) is 299. The molecule has 0 aromatic rings. The van der Waals surface area contributed by atoms with Crippen molar-refractivity contribution >= 4 is 23.6 Å². The van der Waals surface area contributed by atoms with Gasteiger partial charge in [-0.25, -0.2) is 0 Å². The topological polar surface area (TPSA) is 818 Å². The van der Waals surface area contributed by atoms with Crippen LogP contribution in [0.1, 0.15) is 41.5 Å². The van der Waals surface area contributed by atoms with E-state index in [9.17, 15) is 152 Å². The standard InChI is InChI=1S/C68H114N4O49/c1-15-33(84)43(94)47(98)63(104-15)120-57-45(96)35(86)21(7-73)109-67(57)115-52-26(12-78)112-61(30(41(52)92)70-18(4)81)118-55-37(88)23(9-75)107-65(49(55)100)114-51-25(11-77)111-60(29(40(51)91)69-17(3)80)103-14-28-39(90)54(32(59(102)106-28)72-20(6)83)117-66-50(101)56(38(89)24(10-76)108-66)119-62-31(71-19(5)82)42(93)53(27(13-79)113-62)116-68-58(46(97)36(87)22(8-74)110-68)121-64-48(99)44(95)34(85)16(2)105-64/h15-16,21-68,73-79,84-102H,7-14H2,1-6H3,(H,69,80)(H,70,81)(H,71,82)(H,72,83)/t15-,16-,21+,22+,23+,24+,25+,26+,27+,28+,29+,30+,31+,32+,33+,34+,35-,36-,37-,38-,39-,40+,41+,42+,43+,44+,45-,46-,47-,48-,49+,50+,51+,52+,53+,54+,55-,56-,57+,58+,59-,60+,61-,62-,63-,64-,65-,66-,67-,68-/m0/s1. The molecule has 0 aromatic heterocycles. The molecule has 10 aliphatic heterocycles. The van der Waals surface area contributed by atoms with Gasteiger partial charge in [-0.1, -0.05) is 0 Å². The van der Waals surface area contributed by atoms with E-state index in [0.717, 1.165) is 27.7 Å². The number of hydrogen-bond acceptors (Lipinski definition) is 49. The fourth-order valence-electron chi connectivity index (χ4n) is 15.8. The molecule has 4 amide bonds. The van der Waals surface area contributed by atoms with Gasteiger partial charge in [0.2, 0.25) is 23.6 Å². The highest BCUT2D eigenvalue weighted by molar-refractivity contribution is 5.74. The SMILES string of the molecule is CC(=O)N[C@@H]1[C@@H](O[C@@H]2O[C@H](CO)[C@H](O)[C@H](O[C@@H]3O[C@H](CO)[C@@H](O[C@@H]4O[C@H](CO)[C@H](O)[C@H](O)[C@H]4O[C@@H]4O[C@@H](C)[C@@H](O)[C@@H](O)[C@@H]4O)[C@H](O)[C@H]3NC(C)=O)[C@H]2O)[C@@H](O)[C@@H](CO[C@@H]2O[C@H](CO)[C@@H](O[C@@H]3O[C@H](CO)[C@H](O)[C@H](O[C@@H]4O[C@H](CO)[C@@H](O[C@@H]5O[C@H](CO)[C@H](O)[C@H](O)[C@H]5O[C@@H]5O[C@@H](C)[C@@H](O)[C@@H](O)[C@@H]5O)[C@H](O)[C@H]4NC(C)=O)[C@H]3O)[C@H](O)[C@H]2NC(C)=O)O[C@@H]1O. The molecule has 53 heteroatoms. The molecule has 0 unspecified atom stereocenters. The van der Waals surface area contributed by atoms with Crippen LogP contribution in [0.4, 0.5) is 0 Å². The summed E-state index contributed by atoms with van der Waals surface area (Å²) in [6.07, 6.45) is -90.5. The lowest BCUT2D eigenvalue weighted by molar-refractivity contribution is -0.391. The van der Waals surface area contributed by atoms with Crippen molar-refractivity contribution in [3.8, 4) is 0 Å². The first-order valence-electron chi connectivity index (χ1n) is 38.9. The quantitative estimate of drug-likeness (QED) is 0.0318. The summed E-state index contributed by atoms with van der Waals surface area (Å²) < 4.78 is 112. The van der Waals surface area contributed by atoms with Crippen LogP contribution in [0.3, 0.4) is 0 Å². The molecule has 53 nitrogen and oxygen atoms in total. The summed E-state index contributed by atoms with van der Waals surface area (Å²) in [7, 11) is 0. The second-order valence-electron chi connectivity index (χ2n) is 30.9. The first kappa shape index (κ1) is 99.2. The highest BCUT2D eigenvalue weighted by atomic mass is 16.8. The minimum absolute atomic E-state index is 0.907. The van der Waals surface area contributed by atoms with Gasteiger partial charge in [-0.05, 0) is 13.8 Å². The Balaban J connectivity index is 0.826. The van der Waals surface area contributed by atoms with Gasteiger partial charge in [-0.15, -0.1) is 0 Å². The lowest BCUT2D eigenvalue weighted by Crippen LogP contribution is -2.71.